The first-order valence-electron chi connectivity index (χ1n) is 6.35. The molecule has 1 N–H and O–H groups in total. The monoisotopic (exact) mass is 275 g/mol. The molecule has 0 amide bonds. The molecule has 6 nitrogen and oxygen atoms in total. The van der Waals surface area contributed by atoms with E-state index in [2.05, 4.69) is 20.6 Å². The zero-order valence-corrected chi connectivity index (χ0v) is 11.1. The molecule has 4 rings (SSSR count). The van der Waals surface area contributed by atoms with Crippen molar-refractivity contribution in [3.63, 3.8) is 0 Å². The molecule has 2 bridgehead atoms. The van der Waals surface area contributed by atoms with Gasteiger partial charge >= 0.3 is 0 Å². The maximum absolute atomic E-state index is 5.93. The van der Waals surface area contributed by atoms with Crippen LogP contribution >= 0.6 is 11.8 Å². The van der Waals surface area contributed by atoms with Crippen molar-refractivity contribution >= 4 is 11.8 Å². The van der Waals surface area contributed by atoms with Gasteiger partial charge in [0.2, 0.25) is 11.0 Å². The van der Waals surface area contributed by atoms with Crippen LogP contribution in [-0.4, -0.2) is 32.2 Å². The minimum Gasteiger partial charge on any atom is -0.353 e. The maximum Gasteiger partial charge on any atom is 0.210 e. The van der Waals surface area contributed by atoms with Gasteiger partial charge in [-0.05, 0) is 18.9 Å². The van der Waals surface area contributed by atoms with Crippen LogP contribution in [0.1, 0.15) is 24.6 Å². The number of hydrogen-bond acceptors (Lipinski definition) is 6. The summed E-state index contributed by atoms with van der Waals surface area (Å²) in [5.41, 5.74) is 5.21. The van der Waals surface area contributed by atoms with Crippen LogP contribution in [0.25, 0.3) is 11.5 Å². The van der Waals surface area contributed by atoms with Crippen LogP contribution in [0, 0.1) is 0 Å². The highest BCUT2D eigenvalue weighted by Gasteiger charge is 2.29. The summed E-state index contributed by atoms with van der Waals surface area (Å²) in [5.74, 6) is 1.79. The second kappa shape index (κ2) is 4.50. The number of ether oxygens (including phenoxy) is 1. The lowest BCUT2D eigenvalue weighted by atomic mass is 10.1. The predicted octanol–water partition coefficient (Wildman–Crippen LogP) is 1.80. The average Bonchev–Trinajstić information content (AvgIpc) is 2.87. The van der Waals surface area contributed by atoms with Crippen LogP contribution in [0.4, 0.5) is 0 Å². The molecule has 2 aliphatic heterocycles. The van der Waals surface area contributed by atoms with Crippen molar-refractivity contribution < 1.29 is 4.74 Å². The zero-order chi connectivity index (χ0) is 12.7. The normalized spacial score (nSPS) is 21.4. The Kier molecular flexibility index (Phi) is 2.66. The Morgan fingerprint density at radius 3 is 3.37 bits per heavy atom. The first-order valence-corrected chi connectivity index (χ1v) is 7.34. The first-order chi connectivity index (χ1) is 9.43. The SMILES string of the molecule is c1cnc2c(c1)C1Nn3c(nnc3-2)SCCCCO1. The summed E-state index contributed by atoms with van der Waals surface area (Å²) in [6.45, 7) is 0.749. The Bertz CT molecular complexity index is 614. The first kappa shape index (κ1) is 11.2. The van der Waals surface area contributed by atoms with Crippen LogP contribution < -0.4 is 5.43 Å². The van der Waals surface area contributed by atoms with E-state index in [1.165, 1.54) is 0 Å². The molecular weight excluding hydrogens is 262 g/mol. The molecule has 4 heterocycles. The van der Waals surface area contributed by atoms with Gasteiger partial charge in [-0.3, -0.25) is 10.4 Å². The van der Waals surface area contributed by atoms with E-state index in [-0.39, 0.29) is 6.23 Å². The number of fused-ring (bicyclic) bond motifs is 4. The Hall–Kier alpha value is -1.60. The summed E-state index contributed by atoms with van der Waals surface area (Å²) in [7, 11) is 0. The Balaban J connectivity index is 1.88. The summed E-state index contributed by atoms with van der Waals surface area (Å²) in [4.78, 5) is 4.43. The van der Waals surface area contributed by atoms with Crippen molar-refractivity contribution in [3.05, 3.63) is 23.9 Å². The highest BCUT2D eigenvalue weighted by Crippen LogP contribution is 2.34. The van der Waals surface area contributed by atoms with E-state index in [4.69, 9.17) is 4.74 Å². The van der Waals surface area contributed by atoms with Gasteiger partial charge in [0.1, 0.15) is 5.69 Å². The molecule has 2 aromatic rings. The highest BCUT2D eigenvalue weighted by molar-refractivity contribution is 7.99. The second-order valence-electron chi connectivity index (χ2n) is 4.52. The lowest BCUT2D eigenvalue weighted by Crippen LogP contribution is -2.30. The summed E-state index contributed by atoms with van der Waals surface area (Å²) in [6, 6.07) is 3.95. The molecule has 0 aromatic carbocycles. The second-order valence-corrected chi connectivity index (χ2v) is 5.58. The molecule has 98 valence electrons. The number of aromatic nitrogens is 4. The molecule has 2 aromatic heterocycles. The number of thioether (sulfide) groups is 1. The molecule has 1 unspecified atom stereocenters. The van der Waals surface area contributed by atoms with Gasteiger partial charge in [0, 0.05) is 24.1 Å². The number of rotatable bonds is 0. The fourth-order valence-corrected chi connectivity index (χ4v) is 3.23. The third kappa shape index (κ3) is 1.81. The van der Waals surface area contributed by atoms with Crippen LogP contribution in [0.3, 0.4) is 0 Å². The van der Waals surface area contributed by atoms with Crippen LogP contribution in [0.15, 0.2) is 23.5 Å². The summed E-state index contributed by atoms with van der Waals surface area (Å²) in [6.07, 6.45) is 3.78. The minimum atomic E-state index is -0.176. The van der Waals surface area contributed by atoms with Gasteiger partial charge in [0.05, 0.1) is 0 Å². The molecule has 0 radical (unpaired) electrons. The highest BCUT2D eigenvalue weighted by atomic mass is 32.2. The van der Waals surface area contributed by atoms with Gasteiger partial charge in [0.15, 0.2) is 6.23 Å². The van der Waals surface area contributed by atoms with Crippen molar-refractivity contribution in [1.29, 1.82) is 0 Å². The van der Waals surface area contributed by atoms with E-state index in [0.29, 0.717) is 0 Å². The number of nitrogens with one attached hydrogen (secondary N) is 1. The van der Waals surface area contributed by atoms with E-state index >= 15 is 0 Å². The van der Waals surface area contributed by atoms with E-state index in [9.17, 15) is 0 Å². The van der Waals surface area contributed by atoms with Crippen molar-refractivity contribution in [2.24, 2.45) is 0 Å². The molecule has 2 aliphatic rings. The van der Waals surface area contributed by atoms with Gasteiger partial charge in [-0.1, -0.05) is 17.8 Å². The lowest BCUT2D eigenvalue weighted by molar-refractivity contribution is 0.0580. The molecule has 0 spiro atoms. The fraction of sp³-hybridized carbons (Fsp3) is 0.417. The Morgan fingerprint density at radius 1 is 1.37 bits per heavy atom. The average molecular weight is 275 g/mol. The quantitative estimate of drug-likeness (QED) is 0.791. The Labute approximate surface area is 114 Å². The molecule has 0 saturated heterocycles. The number of hydrogen-bond donors (Lipinski definition) is 1. The molecule has 0 fully saturated rings. The van der Waals surface area contributed by atoms with E-state index in [1.54, 1.807) is 18.0 Å². The third-order valence-electron chi connectivity index (χ3n) is 3.27. The van der Waals surface area contributed by atoms with Crippen LogP contribution in [0.5, 0.6) is 0 Å². The van der Waals surface area contributed by atoms with Crippen molar-refractivity contribution in [2.75, 3.05) is 17.8 Å². The predicted molar refractivity (Wildman–Crippen MR) is 71.3 cm³/mol. The molecule has 0 saturated carbocycles. The van der Waals surface area contributed by atoms with Crippen molar-refractivity contribution in [2.45, 2.75) is 24.2 Å². The minimum absolute atomic E-state index is 0.176. The molecule has 1 atom stereocenters. The standard InChI is InChI=1S/C12H13N5OS/c1-2-7-19-12-15-14-10-9-8(4-3-5-13-9)11(18-6-1)16-17(10)12/h3-5,11,16H,1-2,6-7H2. The van der Waals surface area contributed by atoms with Crippen LogP contribution in [-0.2, 0) is 4.74 Å². The lowest BCUT2D eigenvalue weighted by Gasteiger charge is -2.28. The van der Waals surface area contributed by atoms with E-state index < -0.39 is 0 Å². The maximum atomic E-state index is 5.93. The number of nitrogens with zero attached hydrogens (tertiary/aromatic N) is 4. The van der Waals surface area contributed by atoms with Gasteiger partial charge in [-0.2, -0.15) is 0 Å². The molecule has 7 heteroatoms. The van der Waals surface area contributed by atoms with Gasteiger partial charge in [0.25, 0.3) is 0 Å². The van der Waals surface area contributed by atoms with E-state index in [1.807, 2.05) is 16.8 Å². The van der Waals surface area contributed by atoms with Gasteiger partial charge < -0.3 is 4.74 Å². The smallest absolute Gasteiger partial charge is 0.210 e. The Morgan fingerprint density at radius 2 is 2.37 bits per heavy atom. The molecule has 0 aliphatic carbocycles. The zero-order valence-electron chi connectivity index (χ0n) is 10.2. The summed E-state index contributed by atoms with van der Waals surface area (Å²) in [5, 5.41) is 9.37. The summed E-state index contributed by atoms with van der Waals surface area (Å²) >= 11 is 1.72. The number of pyridine rings is 1. The van der Waals surface area contributed by atoms with Gasteiger partial charge in [-0.15, -0.1) is 10.2 Å². The van der Waals surface area contributed by atoms with Crippen LogP contribution in [0.2, 0.25) is 0 Å². The topological polar surface area (TPSA) is 64.9 Å². The van der Waals surface area contributed by atoms with Crippen molar-refractivity contribution in [1.82, 2.24) is 19.9 Å². The van der Waals surface area contributed by atoms with Crippen molar-refractivity contribution in [3.8, 4) is 11.5 Å². The summed E-state index contributed by atoms with van der Waals surface area (Å²) < 4.78 is 7.83. The molecular formula is C12H13N5OS. The fourth-order valence-electron chi connectivity index (χ4n) is 2.33. The van der Waals surface area contributed by atoms with Gasteiger partial charge in [-0.25, -0.2) is 4.68 Å². The molecule has 19 heavy (non-hydrogen) atoms. The third-order valence-corrected chi connectivity index (χ3v) is 4.28. The van der Waals surface area contributed by atoms with E-state index in [0.717, 1.165) is 47.4 Å². The largest absolute Gasteiger partial charge is 0.353 e.